The van der Waals surface area contributed by atoms with Gasteiger partial charge in [0.1, 0.15) is 24.5 Å². The maximum atomic E-state index is 13.6. The van der Waals surface area contributed by atoms with E-state index in [1.54, 1.807) is 6.92 Å². The van der Waals surface area contributed by atoms with E-state index in [2.05, 4.69) is 43.3 Å². The van der Waals surface area contributed by atoms with Crippen LogP contribution in [0.15, 0.2) is 20.5 Å². The van der Waals surface area contributed by atoms with Crippen LogP contribution in [0.5, 0.6) is 0 Å². The topological polar surface area (TPSA) is 135 Å². The molecular formula is C33H58F3N7O3Zn. The van der Waals surface area contributed by atoms with E-state index >= 15 is 0 Å². The fourth-order valence-corrected chi connectivity index (χ4v) is 9.20. The van der Waals surface area contributed by atoms with Crippen molar-refractivity contribution in [3.05, 3.63) is 0 Å². The van der Waals surface area contributed by atoms with Crippen molar-refractivity contribution in [3.8, 4) is 0 Å². The Labute approximate surface area is 291 Å². The van der Waals surface area contributed by atoms with Crippen LogP contribution in [0.2, 0.25) is 0 Å². The number of ether oxygens (including phenoxy) is 1. The molecule has 0 spiro atoms. The molecule has 2 heterocycles. The molecule has 6 fully saturated rings. The molecule has 2 saturated heterocycles. The normalized spacial score (nSPS) is 44.5. The summed E-state index contributed by atoms with van der Waals surface area (Å²) in [5.74, 6) is 0.251. The van der Waals surface area contributed by atoms with Gasteiger partial charge in [0.05, 0.1) is 30.5 Å². The van der Waals surface area contributed by atoms with Gasteiger partial charge in [-0.3, -0.25) is 16.0 Å². The predicted molar refractivity (Wildman–Crippen MR) is 169 cm³/mol. The van der Waals surface area contributed by atoms with Gasteiger partial charge in [-0.2, -0.15) is 33.6 Å². The first-order valence-corrected chi connectivity index (χ1v) is 18.1. The summed E-state index contributed by atoms with van der Waals surface area (Å²) in [6.07, 6.45) is 8.86. The van der Waals surface area contributed by atoms with Gasteiger partial charge >= 0.3 is 6.18 Å². The van der Waals surface area contributed by atoms with Crippen molar-refractivity contribution in [2.24, 2.45) is 50.0 Å². The van der Waals surface area contributed by atoms with Gasteiger partial charge < -0.3 is 14.9 Å². The van der Waals surface area contributed by atoms with E-state index in [4.69, 9.17) is 4.74 Å². The van der Waals surface area contributed by atoms with Gasteiger partial charge in [-0.15, -0.1) is 0 Å². The molecule has 0 radical (unpaired) electrons. The number of azo groups is 2. The monoisotopic (exact) mass is 721 g/mol. The second kappa shape index (κ2) is 18.0. The maximum absolute atomic E-state index is 13.6. The van der Waals surface area contributed by atoms with Crippen molar-refractivity contribution in [2.45, 2.75) is 171 Å². The number of piperidine rings is 1. The molecule has 10 nitrogen and oxygen atoms in total. The number of rotatable bonds is 5. The van der Waals surface area contributed by atoms with Crippen LogP contribution >= 0.6 is 0 Å². The van der Waals surface area contributed by atoms with Crippen molar-refractivity contribution in [1.29, 1.82) is 0 Å². The second-order valence-electron chi connectivity index (χ2n) is 14.9. The number of hydrogen-bond acceptors (Lipinski definition) is 10. The number of halogens is 3. The Morgan fingerprint density at radius 2 is 1.19 bits per heavy atom. The standard InChI is InChI=1S/C17H29F3N4O2.C16H29N3O.Zn/c1-9-21-15(13(17(18,19)20)16(22-9)26-2)24-23-14-11-6-4-3-5-10(11)7-8-12(14)25;1-11-5-4-8-15(17-11)18-19-16-13-7-3-2-6-12(13)9-10-14(16)20;/h9-16,21-22,25H,3-8H2,1-2H3;11-17,20H,2-10H2,1H3;. The molecule has 14 atom stereocenters. The molecule has 0 aromatic carbocycles. The van der Waals surface area contributed by atoms with Crippen LogP contribution in [-0.2, 0) is 24.2 Å². The molecule has 14 heteroatoms. The van der Waals surface area contributed by atoms with Crippen LogP contribution in [0.25, 0.3) is 0 Å². The third-order valence-electron chi connectivity index (χ3n) is 11.7. The predicted octanol–water partition coefficient (Wildman–Crippen LogP) is 6.04. The summed E-state index contributed by atoms with van der Waals surface area (Å²) in [6.45, 7) is 3.93. The zero-order chi connectivity index (χ0) is 32.8. The minimum Gasteiger partial charge on any atom is -0.391 e. The van der Waals surface area contributed by atoms with Crippen LogP contribution in [0, 0.1) is 29.6 Å². The van der Waals surface area contributed by atoms with Gasteiger partial charge in [-0.05, 0) is 95.3 Å². The molecule has 0 amide bonds. The zero-order valence-corrected chi connectivity index (χ0v) is 31.6. The van der Waals surface area contributed by atoms with E-state index in [0.29, 0.717) is 24.3 Å². The Morgan fingerprint density at radius 3 is 1.72 bits per heavy atom. The minimum absolute atomic E-state index is 0. The largest absolute Gasteiger partial charge is 0.399 e. The molecule has 0 bridgehead atoms. The summed E-state index contributed by atoms with van der Waals surface area (Å²) in [5, 5.41) is 47.2. The molecule has 6 rings (SSSR count). The third-order valence-corrected chi connectivity index (χ3v) is 11.7. The van der Waals surface area contributed by atoms with E-state index in [1.807, 2.05) is 0 Å². The summed E-state index contributed by atoms with van der Waals surface area (Å²) in [6, 6.07) is 0.204. The molecule has 5 N–H and O–H groups in total. The molecule has 0 aromatic rings. The van der Waals surface area contributed by atoms with E-state index in [-0.39, 0.29) is 49.9 Å². The first-order chi connectivity index (χ1) is 22.0. The average molecular weight is 723 g/mol. The number of alkyl halides is 3. The Hall–Kier alpha value is -0.627. The molecule has 47 heavy (non-hydrogen) atoms. The van der Waals surface area contributed by atoms with Crippen LogP contribution < -0.4 is 16.0 Å². The zero-order valence-electron chi connectivity index (χ0n) is 28.6. The van der Waals surface area contributed by atoms with Gasteiger partial charge in [0, 0.05) is 32.6 Å². The molecule has 14 unspecified atom stereocenters. The first-order valence-electron chi connectivity index (χ1n) is 18.1. The first kappa shape index (κ1) is 39.2. The van der Waals surface area contributed by atoms with Crippen LogP contribution in [0.3, 0.4) is 0 Å². The smallest absolute Gasteiger partial charge is 0.391 e. The average Bonchev–Trinajstić information content (AvgIpc) is 3.03. The van der Waals surface area contributed by atoms with Crippen molar-refractivity contribution >= 4 is 0 Å². The number of fused-ring (bicyclic) bond motifs is 2. The summed E-state index contributed by atoms with van der Waals surface area (Å²) in [5.41, 5.74) is 0. The van der Waals surface area contributed by atoms with Gasteiger partial charge in [-0.1, -0.05) is 38.5 Å². The van der Waals surface area contributed by atoms with Crippen molar-refractivity contribution in [3.63, 3.8) is 0 Å². The van der Waals surface area contributed by atoms with Crippen LogP contribution in [0.4, 0.5) is 13.2 Å². The van der Waals surface area contributed by atoms with Gasteiger partial charge in [0.2, 0.25) is 0 Å². The summed E-state index contributed by atoms with van der Waals surface area (Å²) in [4.78, 5) is 0. The second-order valence-corrected chi connectivity index (χ2v) is 14.9. The number of aliphatic hydroxyl groups is 2. The maximum Gasteiger partial charge on any atom is 0.399 e. The molecule has 4 aliphatic carbocycles. The molecule has 2 aliphatic heterocycles. The van der Waals surface area contributed by atoms with Crippen molar-refractivity contribution in [2.75, 3.05) is 7.11 Å². The third kappa shape index (κ3) is 10.2. The summed E-state index contributed by atoms with van der Waals surface area (Å²) in [7, 11) is 1.25. The molecule has 4 saturated carbocycles. The minimum atomic E-state index is -4.48. The molecular weight excluding hydrogens is 665 g/mol. The molecule has 6 aliphatic rings. The van der Waals surface area contributed by atoms with Crippen molar-refractivity contribution in [1.82, 2.24) is 16.0 Å². The van der Waals surface area contributed by atoms with Crippen molar-refractivity contribution < 1.29 is 47.6 Å². The SMILES string of the molecule is CC1CCCC(N=NC2C(O)CCC3CCCCC32)N1.COC1NC(C)NC(N=NC2C(O)CCC3CCCCC32)C1C(F)(F)F.[Zn]. The van der Waals surface area contributed by atoms with E-state index in [1.165, 1.54) is 58.5 Å². The van der Waals surface area contributed by atoms with Gasteiger partial charge in [0.15, 0.2) is 0 Å². The Morgan fingerprint density at radius 1 is 0.638 bits per heavy atom. The Bertz CT molecular complexity index is 1010. The fourth-order valence-electron chi connectivity index (χ4n) is 9.20. The van der Waals surface area contributed by atoms with E-state index < -0.39 is 36.6 Å². The quantitative estimate of drug-likeness (QED) is 0.174. The Balaban J connectivity index is 0.000000215. The van der Waals surface area contributed by atoms with Crippen LogP contribution in [-0.4, -0.2) is 78.6 Å². The van der Waals surface area contributed by atoms with E-state index in [9.17, 15) is 23.4 Å². The number of methoxy groups -OCH3 is 1. The fraction of sp³-hybridized carbons (Fsp3) is 1.00. The van der Waals surface area contributed by atoms with Gasteiger partial charge in [0.25, 0.3) is 0 Å². The number of hydrogen-bond donors (Lipinski definition) is 5. The number of aliphatic hydroxyl groups excluding tert-OH is 2. The molecule has 0 aromatic heterocycles. The van der Waals surface area contributed by atoms with Crippen LogP contribution in [0.1, 0.15) is 110 Å². The van der Waals surface area contributed by atoms with E-state index in [0.717, 1.165) is 44.4 Å². The Kier molecular flexibility index (Phi) is 15.0. The number of nitrogens with zero attached hydrogens (tertiary/aromatic N) is 4. The number of nitrogens with one attached hydrogen (secondary N) is 3. The molecule has 266 valence electrons. The summed E-state index contributed by atoms with van der Waals surface area (Å²) >= 11 is 0. The summed E-state index contributed by atoms with van der Waals surface area (Å²) < 4.78 is 45.7. The van der Waals surface area contributed by atoms with Gasteiger partial charge in [-0.25, -0.2) is 0 Å².